The van der Waals surface area contributed by atoms with Crippen LogP contribution >= 0.6 is 15.9 Å². The molecule has 0 radical (unpaired) electrons. The molecule has 1 saturated heterocycles. The summed E-state index contributed by atoms with van der Waals surface area (Å²) in [6.45, 7) is 4.46. The molecule has 0 aliphatic carbocycles. The van der Waals surface area contributed by atoms with E-state index in [-0.39, 0.29) is 0 Å². The number of furan rings is 1. The summed E-state index contributed by atoms with van der Waals surface area (Å²) in [6, 6.07) is 1.98. The van der Waals surface area contributed by atoms with Crippen molar-refractivity contribution in [1.29, 1.82) is 0 Å². The average molecular weight is 244 g/mol. The van der Waals surface area contributed by atoms with Crippen LogP contribution in [-0.4, -0.2) is 13.1 Å². The molecule has 13 heavy (non-hydrogen) atoms. The Morgan fingerprint density at radius 2 is 2.46 bits per heavy atom. The van der Waals surface area contributed by atoms with Gasteiger partial charge in [0, 0.05) is 5.92 Å². The second-order valence-corrected chi connectivity index (χ2v) is 4.56. The Labute approximate surface area is 86.8 Å². The predicted octanol–water partition coefficient (Wildman–Crippen LogP) is 2.76. The Balaban J connectivity index is 2.19. The molecule has 1 N–H and O–H groups in total. The van der Waals surface area contributed by atoms with Gasteiger partial charge in [0.2, 0.25) is 0 Å². The van der Waals surface area contributed by atoms with Crippen LogP contribution in [-0.2, 0) is 0 Å². The first-order chi connectivity index (χ1) is 6.29. The van der Waals surface area contributed by atoms with Gasteiger partial charge in [-0.3, -0.25) is 0 Å². The summed E-state index contributed by atoms with van der Waals surface area (Å²) in [5, 5.41) is 3.39. The van der Waals surface area contributed by atoms with Gasteiger partial charge in [0.1, 0.15) is 5.76 Å². The van der Waals surface area contributed by atoms with Gasteiger partial charge in [-0.25, -0.2) is 0 Å². The highest BCUT2D eigenvalue weighted by Crippen LogP contribution is 2.34. The number of piperidine rings is 1. The lowest BCUT2D eigenvalue weighted by molar-refractivity contribution is 0.305. The van der Waals surface area contributed by atoms with Crippen LogP contribution in [0.3, 0.4) is 0 Å². The Morgan fingerprint density at radius 3 is 3.08 bits per heavy atom. The Hall–Kier alpha value is -0.280. The molecule has 0 amide bonds. The van der Waals surface area contributed by atoms with Crippen molar-refractivity contribution in [3.05, 3.63) is 22.6 Å². The van der Waals surface area contributed by atoms with Crippen LogP contribution in [0, 0.1) is 5.92 Å². The molecule has 0 aromatic carbocycles. The lowest BCUT2D eigenvalue weighted by Gasteiger charge is -2.28. The molecule has 1 aromatic heterocycles. The molecule has 0 spiro atoms. The summed E-state index contributed by atoms with van der Waals surface area (Å²) in [5.74, 6) is 2.36. The summed E-state index contributed by atoms with van der Waals surface area (Å²) >= 11 is 3.52. The first-order valence-electron chi connectivity index (χ1n) is 4.72. The lowest BCUT2D eigenvalue weighted by Crippen LogP contribution is -2.33. The Kier molecular flexibility index (Phi) is 2.74. The first kappa shape index (κ1) is 9.28. The van der Waals surface area contributed by atoms with E-state index in [1.165, 1.54) is 6.42 Å². The summed E-state index contributed by atoms with van der Waals surface area (Å²) < 4.78 is 6.62. The summed E-state index contributed by atoms with van der Waals surface area (Å²) in [7, 11) is 0. The van der Waals surface area contributed by atoms with Crippen molar-refractivity contribution < 1.29 is 4.42 Å². The van der Waals surface area contributed by atoms with Gasteiger partial charge < -0.3 is 9.73 Å². The van der Waals surface area contributed by atoms with Crippen molar-refractivity contribution in [2.24, 2.45) is 5.92 Å². The highest BCUT2D eigenvalue weighted by molar-refractivity contribution is 9.10. The van der Waals surface area contributed by atoms with Gasteiger partial charge in [0.05, 0.1) is 10.7 Å². The minimum atomic E-state index is 0.575. The van der Waals surface area contributed by atoms with Crippen LogP contribution in [0.5, 0.6) is 0 Å². The van der Waals surface area contributed by atoms with Gasteiger partial charge in [0.25, 0.3) is 0 Å². The normalized spacial score (nSPS) is 29.1. The molecule has 1 aliphatic rings. The standard InChI is InChI=1S/C10H14BrNO/c1-7-6-12-4-2-8(7)10-9(11)3-5-13-10/h3,5,7-8,12H,2,4,6H2,1H3. The van der Waals surface area contributed by atoms with Gasteiger partial charge in [-0.15, -0.1) is 0 Å². The van der Waals surface area contributed by atoms with E-state index in [1.807, 2.05) is 6.07 Å². The summed E-state index contributed by atoms with van der Waals surface area (Å²) in [4.78, 5) is 0. The fraction of sp³-hybridized carbons (Fsp3) is 0.600. The van der Waals surface area contributed by atoms with Crippen LogP contribution in [0.15, 0.2) is 21.2 Å². The van der Waals surface area contributed by atoms with E-state index in [2.05, 4.69) is 28.2 Å². The van der Waals surface area contributed by atoms with E-state index in [0.29, 0.717) is 11.8 Å². The highest BCUT2D eigenvalue weighted by atomic mass is 79.9. The molecule has 0 saturated carbocycles. The molecule has 0 bridgehead atoms. The van der Waals surface area contributed by atoms with E-state index >= 15 is 0 Å². The topological polar surface area (TPSA) is 25.2 Å². The molecule has 2 heterocycles. The lowest BCUT2D eigenvalue weighted by atomic mass is 9.86. The maximum absolute atomic E-state index is 5.50. The van der Waals surface area contributed by atoms with Gasteiger partial charge in [0.15, 0.2) is 0 Å². The zero-order chi connectivity index (χ0) is 9.26. The smallest absolute Gasteiger partial charge is 0.121 e. The zero-order valence-corrected chi connectivity index (χ0v) is 9.30. The molecule has 1 aromatic rings. The summed E-state index contributed by atoms with van der Waals surface area (Å²) in [5.41, 5.74) is 0. The molecule has 2 atom stereocenters. The number of hydrogen-bond acceptors (Lipinski definition) is 2. The fourth-order valence-corrected chi connectivity index (χ4v) is 2.47. The van der Waals surface area contributed by atoms with Crippen LogP contribution < -0.4 is 5.32 Å². The highest BCUT2D eigenvalue weighted by Gasteiger charge is 2.26. The van der Waals surface area contributed by atoms with E-state index in [9.17, 15) is 0 Å². The summed E-state index contributed by atoms with van der Waals surface area (Å²) in [6.07, 6.45) is 2.93. The third kappa shape index (κ3) is 1.81. The van der Waals surface area contributed by atoms with E-state index in [0.717, 1.165) is 23.3 Å². The van der Waals surface area contributed by atoms with Gasteiger partial charge in [-0.05, 0) is 47.4 Å². The molecule has 72 valence electrons. The second-order valence-electron chi connectivity index (χ2n) is 3.71. The molecule has 2 unspecified atom stereocenters. The van der Waals surface area contributed by atoms with Crippen LogP contribution in [0.4, 0.5) is 0 Å². The minimum absolute atomic E-state index is 0.575. The number of hydrogen-bond donors (Lipinski definition) is 1. The molecule has 1 aliphatic heterocycles. The van der Waals surface area contributed by atoms with Crippen molar-refractivity contribution >= 4 is 15.9 Å². The number of rotatable bonds is 1. The first-order valence-corrected chi connectivity index (χ1v) is 5.52. The molecule has 2 rings (SSSR count). The third-order valence-corrected chi connectivity index (χ3v) is 3.42. The van der Waals surface area contributed by atoms with Gasteiger partial charge in [-0.2, -0.15) is 0 Å². The second kappa shape index (κ2) is 3.84. The van der Waals surface area contributed by atoms with E-state index < -0.39 is 0 Å². The maximum Gasteiger partial charge on any atom is 0.121 e. The third-order valence-electron chi connectivity index (χ3n) is 2.77. The number of nitrogens with one attached hydrogen (secondary N) is 1. The number of halogens is 1. The Morgan fingerprint density at radius 1 is 1.62 bits per heavy atom. The quantitative estimate of drug-likeness (QED) is 0.821. The fourth-order valence-electron chi connectivity index (χ4n) is 1.97. The SMILES string of the molecule is CC1CNCCC1c1occc1Br. The van der Waals surface area contributed by atoms with E-state index in [4.69, 9.17) is 4.42 Å². The maximum atomic E-state index is 5.50. The molecule has 3 heteroatoms. The van der Waals surface area contributed by atoms with Crippen molar-refractivity contribution in [3.63, 3.8) is 0 Å². The predicted molar refractivity (Wildman–Crippen MR) is 55.8 cm³/mol. The van der Waals surface area contributed by atoms with Crippen LogP contribution in [0.25, 0.3) is 0 Å². The van der Waals surface area contributed by atoms with Crippen molar-refractivity contribution in [1.82, 2.24) is 5.32 Å². The van der Waals surface area contributed by atoms with Crippen LogP contribution in [0.2, 0.25) is 0 Å². The van der Waals surface area contributed by atoms with Crippen LogP contribution in [0.1, 0.15) is 25.0 Å². The van der Waals surface area contributed by atoms with Crippen molar-refractivity contribution in [2.45, 2.75) is 19.3 Å². The molecule has 1 fully saturated rings. The molecule has 2 nitrogen and oxygen atoms in total. The van der Waals surface area contributed by atoms with Gasteiger partial charge >= 0.3 is 0 Å². The zero-order valence-electron chi connectivity index (χ0n) is 7.72. The molecular formula is C10H14BrNO. The van der Waals surface area contributed by atoms with Crippen molar-refractivity contribution in [2.75, 3.05) is 13.1 Å². The van der Waals surface area contributed by atoms with E-state index in [1.54, 1.807) is 6.26 Å². The minimum Gasteiger partial charge on any atom is -0.468 e. The average Bonchev–Trinajstić information content (AvgIpc) is 2.52. The Bertz CT molecular complexity index is 284. The monoisotopic (exact) mass is 243 g/mol. The largest absolute Gasteiger partial charge is 0.468 e. The van der Waals surface area contributed by atoms with Crippen molar-refractivity contribution in [3.8, 4) is 0 Å². The molecular weight excluding hydrogens is 230 g/mol. The van der Waals surface area contributed by atoms with Gasteiger partial charge in [-0.1, -0.05) is 6.92 Å².